The average molecular weight is 410 g/mol. The van der Waals surface area contributed by atoms with Crippen molar-refractivity contribution in [1.82, 2.24) is 0 Å². The minimum Gasteiger partial charge on any atom is -0.366 e. The summed E-state index contributed by atoms with van der Waals surface area (Å²) in [6.07, 6.45) is 10.8. The summed E-state index contributed by atoms with van der Waals surface area (Å²) in [6, 6.07) is 33.3. The molecule has 30 heavy (non-hydrogen) atoms. The van der Waals surface area contributed by atoms with E-state index in [0.29, 0.717) is 0 Å². The van der Waals surface area contributed by atoms with Crippen molar-refractivity contribution < 1.29 is 0 Å². The highest BCUT2D eigenvalue weighted by molar-refractivity contribution is 6.88. The molecule has 0 radical (unpaired) electrons. The number of anilines is 1. The molecule has 0 aliphatic heterocycles. The van der Waals surface area contributed by atoms with Crippen molar-refractivity contribution in [1.29, 1.82) is 0 Å². The van der Waals surface area contributed by atoms with E-state index in [1.807, 2.05) is 0 Å². The van der Waals surface area contributed by atoms with Gasteiger partial charge in [0.2, 0.25) is 8.96 Å². The monoisotopic (exact) mass is 409 g/mol. The lowest BCUT2D eigenvalue weighted by Crippen LogP contribution is -2.56. The zero-order valence-electron chi connectivity index (χ0n) is 17.9. The molecular weight excluding hydrogens is 378 g/mol. The first-order valence-electron chi connectivity index (χ1n) is 11.2. The normalized spacial score (nSPS) is 13.3. The molecule has 1 nitrogen and oxygen atoms in total. The van der Waals surface area contributed by atoms with Crippen molar-refractivity contribution in [2.75, 3.05) is 4.57 Å². The van der Waals surface area contributed by atoms with Crippen molar-refractivity contribution in [3.63, 3.8) is 0 Å². The molecule has 0 saturated heterocycles. The molecule has 3 aromatic carbocycles. The molecule has 2 heteroatoms. The van der Waals surface area contributed by atoms with Crippen molar-refractivity contribution in [3.8, 4) is 0 Å². The lowest BCUT2D eigenvalue weighted by molar-refractivity contribution is 0.716. The second-order valence-electron chi connectivity index (χ2n) is 7.96. The molecule has 0 unspecified atom stereocenters. The second-order valence-corrected chi connectivity index (χ2v) is 10.6. The topological polar surface area (TPSA) is 3.24 Å². The van der Waals surface area contributed by atoms with Gasteiger partial charge in [0.05, 0.1) is 0 Å². The molecule has 0 heterocycles. The molecule has 152 valence electrons. The van der Waals surface area contributed by atoms with Crippen LogP contribution in [0.5, 0.6) is 0 Å². The number of rotatable bonds is 9. The van der Waals surface area contributed by atoms with E-state index in [9.17, 15) is 0 Å². The number of para-hydroxylation sites is 1. The van der Waals surface area contributed by atoms with Gasteiger partial charge in [-0.3, -0.25) is 0 Å². The van der Waals surface area contributed by atoms with E-state index in [2.05, 4.69) is 115 Å². The molecule has 4 rings (SSSR count). The maximum Gasteiger partial charge on any atom is 0.208 e. The van der Waals surface area contributed by atoms with E-state index in [0.717, 1.165) is 6.42 Å². The molecular formula is C28H31NSi. The first-order chi connectivity index (χ1) is 14.9. The van der Waals surface area contributed by atoms with Crippen LogP contribution in [0, 0.1) is 0 Å². The predicted molar refractivity (Wildman–Crippen MR) is 133 cm³/mol. The number of benzene rings is 3. The van der Waals surface area contributed by atoms with Gasteiger partial charge in [-0.2, -0.15) is 0 Å². The van der Waals surface area contributed by atoms with E-state index in [-0.39, 0.29) is 0 Å². The third kappa shape index (κ3) is 4.66. The van der Waals surface area contributed by atoms with Gasteiger partial charge in [-0.15, -0.1) is 0 Å². The van der Waals surface area contributed by atoms with Gasteiger partial charge in [0.1, 0.15) is 0 Å². The quantitative estimate of drug-likeness (QED) is 0.318. The molecule has 0 aromatic heterocycles. The summed E-state index contributed by atoms with van der Waals surface area (Å²) >= 11 is 0. The lowest BCUT2D eigenvalue weighted by Gasteiger charge is -2.36. The fraction of sp³-hybridized carbons (Fsp3) is 0.214. The minimum atomic E-state index is -1.69. The summed E-state index contributed by atoms with van der Waals surface area (Å²) in [5.41, 5.74) is 4.34. The summed E-state index contributed by atoms with van der Waals surface area (Å²) in [5.74, 6) is 0. The van der Waals surface area contributed by atoms with Gasteiger partial charge in [0.25, 0.3) is 0 Å². The molecule has 0 amide bonds. The average Bonchev–Trinajstić information content (AvgIpc) is 3.27. The molecule has 0 atom stereocenters. The third-order valence-corrected chi connectivity index (χ3v) is 9.02. The van der Waals surface area contributed by atoms with Crippen LogP contribution in [0.2, 0.25) is 0 Å². The lowest BCUT2D eigenvalue weighted by atomic mass is 10.1. The summed E-state index contributed by atoms with van der Waals surface area (Å²) < 4.78 is 2.71. The first kappa shape index (κ1) is 20.4. The highest BCUT2D eigenvalue weighted by Gasteiger charge is 2.29. The molecule has 0 fully saturated rings. The van der Waals surface area contributed by atoms with Crippen molar-refractivity contribution in [2.45, 2.75) is 39.0 Å². The summed E-state index contributed by atoms with van der Waals surface area (Å²) in [4.78, 5) is 0. The SMILES string of the molecule is CCCCCC1=C(N(c2ccccc2)[SiH](c2ccccc2)c2ccccc2)CC=C1. The molecule has 0 bridgehead atoms. The fourth-order valence-corrected chi connectivity index (χ4v) is 7.60. The largest absolute Gasteiger partial charge is 0.366 e. The molecule has 1 aliphatic rings. The Bertz CT molecular complexity index is 937. The standard InChI is InChI=1S/C28H31NSi/c1-2-3-7-15-24-16-14-23-28(24)29(25-17-8-4-9-18-25)30(26-19-10-5-11-20-26)27-21-12-6-13-22-27/h4-6,8-14,16-22,30H,2-3,7,15,23H2,1H3. The number of nitrogens with zero attached hydrogens (tertiary/aromatic N) is 1. The summed E-state index contributed by atoms with van der Waals surface area (Å²) in [6.45, 7) is 2.28. The minimum absolute atomic E-state index is 1.03. The Hall–Kier alpha value is -2.84. The summed E-state index contributed by atoms with van der Waals surface area (Å²) in [5, 5.41) is 2.92. The van der Waals surface area contributed by atoms with E-state index in [1.165, 1.54) is 53.0 Å². The Balaban J connectivity index is 1.84. The third-order valence-electron chi connectivity index (χ3n) is 5.86. The smallest absolute Gasteiger partial charge is 0.208 e. The zero-order chi connectivity index (χ0) is 20.6. The Morgan fingerprint density at radius 1 is 0.733 bits per heavy atom. The van der Waals surface area contributed by atoms with E-state index in [1.54, 1.807) is 0 Å². The van der Waals surface area contributed by atoms with Gasteiger partial charge in [0.15, 0.2) is 0 Å². The zero-order valence-corrected chi connectivity index (χ0v) is 19.0. The molecule has 0 spiro atoms. The van der Waals surface area contributed by atoms with Crippen LogP contribution in [0.15, 0.2) is 114 Å². The van der Waals surface area contributed by atoms with Gasteiger partial charge in [0, 0.05) is 17.8 Å². The molecule has 0 N–H and O–H groups in total. The van der Waals surface area contributed by atoms with Gasteiger partial charge in [-0.1, -0.05) is 111 Å². The maximum atomic E-state index is 2.71. The van der Waals surface area contributed by atoms with Crippen LogP contribution < -0.4 is 14.9 Å². The van der Waals surface area contributed by atoms with E-state index >= 15 is 0 Å². The van der Waals surface area contributed by atoms with Crippen LogP contribution in [-0.4, -0.2) is 8.96 Å². The highest BCUT2D eigenvalue weighted by atomic mass is 28.3. The van der Waals surface area contributed by atoms with Gasteiger partial charge >= 0.3 is 0 Å². The predicted octanol–water partition coefficient (Wildman–Crippen LogP) is 5.83. The number of hydrogen-bond acceptors (Lipinski definition) is 1. The first-order valence-corrected chi connectivity index (χ1v) is 12.9. The Kier molecular flexibility index (Phi) is 6.99. The number of unbranched alkanes of at least 4 members (excludes halogenated alkanes) is 2. The number of hydrogen-bond donors (Lipinski definition) is 0. The van der Waals surface area contributed by atoms with Crippen LogP contribution in [-0.2, 0) is 0 Å². The van der Waals surface area contributed by atoms with Crippen LogP contribution >= 0.6 is 0 Å². The van der Waals surface area contributed by atoms with E-state index < -0.39 is 8.96 Å². The van der Waals surface area contributed by atoms with Crippen molar-refractivity contribution in [3.05, 3.63) is 114 Å². The van der Waals surface area contributed by atoms with Crippen LogP contribution in [0.4, 0.5) is 5.69 Å². The fourth-order valence-electron chi connectivity index (χ4n) is 4.40. The van der Waals surface area contributed by atoms with Gasteiger partial charge in [-0.25, -0.2) is 0 Å². The Labute approximate surface area is 183 Å². The highest BCUT2D eigenvalue weighted by Crippen LogP contribution is 2.31. The van der Waals surface area contributed by atoms with Gasteiger partial charge < -0.3 is 4.57 Å². The summed E-state index contributed by atoms with van der Waals surface area (Å²) in [7, 11) is -1.69. The van der Waals surface area contributed by atoms with Crippen molar-refractivity contribution >= 4 is 25.0 Å². The molecule has 1 aliphatic carbocycles. The van der Waals surface area contributed by atoms with Gasteiger partial charge in [-0.05, 0) is 40.9 Å². The van der Waals surface area contributed by atoms with Crippen LogP contribution in [0.25, 0.3) is 0 Å². The molecule has 3 aromatic rings. The van der Waals surface area contributed by atoms with Crippen LogP contribution in [0.3, 0.4) is 0 Å². The van der Waals surface area contributed by atoms with Crippen molar-refractivity contribution in [2.24, 2.45) is 0 Å². The Morgan fingerprint density at radius 2 is 1.30 bits per heavy atom. The maximum absolute atomic E-state index is 2.71. The van der Waals surface area contributed by atoms with E-state index in [4.69, 9.17) is 0 Å². The molecule has 0 saturated carbocycles. The Morgan fingerprint density at radius 3 is 1.87 bits per heavy atom. The second kappa shape index (κ2) is 10.3. The van der Waals surface area contributed by atoms with Crippen LogP contribution in [0.1, 0.15) is 39.0 Å². The number of allylic oxidation sites excluding steroid dienone is 3.